The van der Waals surface area contributed by atoms with Gasteiger partial charge in [-0.05, 0) is 23.8 Å². The highest BCUT2D eigenvalue weighted by atomic mass is 35.5. The summed E-state index contributed by atoms with van der Waals surface area (Å²) in [6.07, 6.45) is 2.47. The maximum absolute atomic E-state index is 12.4. The molecule has 1 aliphatic rings. The molecule has 4 nitrogen and oxygen atoms in total. The topological polar surface area (TPSA) is 44.7 Å². The van der Waals surface area contributed by atoms with Crippen molar-refractivity contribution in [1.82, 2.24) is 5.01 Å². The first-order chi connectivity index (χ1) is 10.2. The molecule has 2 aromatic rings. The fourth-order valence-electron chi connectivity index (χ4n) is 2.31. The van der Waals surface area contributed by atoms with Crippen molar-refractivity contribution in [2.75, 3.05) is 5.32 Å². The van der Waals surface area contributed by atoms with Crippen molar-refractivity contribution in [3.05, 3.63) is 65.2 Å². The molecule has 0 saturated heterocycles. The lowest BCUT2D eigenvalue weighted by Gasteiger charge is -2.22. The molecule has 1 aliphatic heterocycles. The Kier molecular flexibility index (Phi) is 3.88. The van der Waals surface area contributed by atoms with E-state index in [1.807, 2.05) is 30.3 Å². The molecule has 0 unspecified atom stereocenters. The average Bonchev–Trinajstić information content (AvgIpc) is 2.98. The highest BCUT2D eigenvalue weighted by Gasteiger charge is 2.28. The van der Waals surface area contributed by atoms with E-state index in [-0.39, 0.29) is 12.1 Å². The molecular formula is C16H14ClN3O. The molecule has 0 radical (unpaired) electrons. The normalized spacial score (nSPS) is 17.0. The number of halogens is 1. The van der Waals surface area contributed by atoms with E-state index in [2.05, 4.69) is 10.4 Å². The van der Waals surface area contributed by atoms with Crippen LogP contribution in [0.15, 0.2) is 59.7 Å². The van der Waals surface area contributed by atoms with Gasteiger partial charge in [0.1, 0.15) is 0 Å². The van der Waals surface area contributed by atoms with E-state index in [1.54, 1.807) is 30.5 Å². The minimum atomic E-state index is -0.264. The van der Waals surface area contributed by atoms with Crippen molar-refractivity contribution in [1.29, 1.82) is 0 Å². The Labute approximate surface area is 128 Å². The van der Waals surface area contributed by atoms with Gasteiger partial charge < -0.3 is 5.32 Å². The number of carbonyl (C=O) groups is 1. The van der Waals surface area contributed by atoms with Crippen LogP contribution in [-0.2, 0) is 0 Å². The summed E-state index contributed by atoms with van der Waals surface area (Å²) in [6, 6.07) is 16.6. The number of hydrogen-bond acceptors (Lipinski definition) is 2. The third kappa shape index (κ3) is 3.06. The van der Waals surface area contributed by atoms with Crippen molar-refractivity contribution >= 4 is 29.5 Å². The van der Waals surface area contributed by atoms with Crippen LogP contribution in [-0.4, -0.2) is 17.3 Å². The van der Waals surface area contributed by atoms with Crippen LogP contribution in [0.1, 0.15) is 18.0 Å². The molecule has 0 bridgehead atoms. The Morgan fingerprint density at radius 3 is 2.76 bits per heavy atom. The molecule has 1 atom stereocenters. The molecule has 21 heavy (non-hydrogen) atoms. The highest BCUT2D eigenvalue weighted by molar-refractivity contribution is 6.30. The third-order valence-electron chi connectivity index (χ3n) is 3.30. The second-order valence-electron chi connectivity index (χ2n) is 4.75. The summed E-state index contributed by atoms with van der Waals surface area (Å²) in [5, 5.41) is 9.04. The quantitative estimate of drug-likeness (QED) is 0.882. The van der Waals surface area contributed by atoms with E-state index >= 15 is 0 Å². The van der Waals surface area contributed by atoms with Crippen molar-refractivity contribution in [3.63, 3.8) is 0 Å². The molecule has 0 aromatic heterocycles. The van der Waals surface area contributed by atoms with Crippen LogP contribution in [0.5, 0.6) is 0 Å². The molecule has 0 saturated carbocycles. The van der Waals surface area contributed by atoms with Crippen LogP contribution < -0.4 is 5.32 Å². The Hall–Kier alpha value is -2.33. The molecule has 5 heteroatoms. The summed E-state index contributed by atoms with van der Waals surface area (Å²) in [5.74, 6) is 0. The summed E-state index contributed by atoms with van der Waals surface area (Å²) in [7, 11) is 0. The molecular weight excluding hydrogens is 286 g/mol. The van der Waals surface area contributed by atoms with E-state index in [0.29, 0.717) is 17.1 Å². The van der Waals surface area contributed by atoms with E-state index in [4.69, 9.17) is 11.6 Å². The summed E-state index contributed by atoms with van der Waals surface area (Å²) in [5.41, 5.74) is 1.72. The van der Waals surface area contributed by atoms with Gasteiger partial charge in [-0.15, -0.1) is 0 Å². The molecule has 3 rings (SSSR count). The van der Waals surface area contributed by atoms with Crippen LogP contribution in [0, 0.1) is 0 Å². The molecule has 1 N–H and O–H groups in total. The molecule has 1 heterocycles. The van der Waals surface area contributed by atoms with Gasteiger partial charge in [0.2, 0.25) is 0 Å². The number of urea groups is 1. The maximum atomic E-state index is 12.4. The third-order valence-corrected chi connectivity index (χ3v) is 3.53. The van der Waals surface area contributed by atoms with E-state index in [9.17, 15) is 4.79 Å². The summed E-state index contributed by atoms with van der Waals surface area (Å²) in [4.78, 5) is 12.4. The molecule has 0 spiro atoms. The lowest BCUT2D eigenvalue weighted by Crippen LogP contribution is -2.31. The van der Waals surface area contributed by atoms with Gasteiger partial charge in [0.15, 0.2) is 0 Å². The Morgan fingerprint density at radius 1 is 1.19 bits per heavy atom. The first-order valence-electron chi connectivity index (χ1n) is 6.67. The number of anilines is 1. The van der Waals surface area contributed by atoms with Gasteiger partial charge in [0.25, 0.3) is 0 Å². The lowest BCUT2D eigenvalue weighted by atomic mass is 10.1. The van der Waals surface area contributed by atoms with E-state index < -0.39 is 0 Å². The lowest BCUT2D eigenvalue weighted by molar-refractivity contribution is 0.200. The van der Waals surface area contributed by atoms with Crippen molar-refractivity contribution < 1.29 is 4.79 Å². The van der Waals surface area contributed by atoms with Gasteiger partial charge >= 0.3 is 6.03 Å². The number of amides is 2. The van der Waals surface area contributed by atoms with Crippen molar-refractivity contribution in [2.24, 2.45) is 5.10 Å². The highest BCUT2D eigenvalue weighted by Crippen LogP contribution is 2.28. The van der Waals surface area contributed by atoms with Crippen LogP contribution in [0.4, 0.5) is 10.5 Å². The van der Waals surface area contributed by atoms with Gasteiger partial charge in [0, 0.05) is 23.3 Å². The summed E-state index contributed by atoms with van der Waals surface area (Å²) >= 11 is 5.92. The molecule has 0 aliphatic carbocycles. The Balaban J connectivity index is 1.76. The van der Waals surface area contributed by atoms with Gasteiger partial charge in [-0.2, -0.15) is 5.10 Å². The summed E-state index contributed by atoms with van der Waals surface area (Å²) in [6.45, 7) is 0. The fraction of sp³-hybridized carbons (Fsp3) is 0.125. The van der Waals surface area contributed by atoms with Crippen LogP contribution >= 0.6 is 11.6 Å². The smallest absolute Gasteiger partial charge is 0.306 e. The number of hydrazone groups is 1. The van der Waals surface area contributed by atoms with Gasteiger partial charge in [0.05, 0.1) is 6.04 Å². The zero-order valence-corrected chi connectivity index (χ0v) is 12.0. The van der Waals surface area contributed by atoms with E-state index in [1.165, 1.54) is 5.01 Å². The zero-order chi connectivity index (χ0) is 14.7. The van der Waals surface area contributed by atoms with E-state index in [0.717, 1.165) is 5.56 Å². The van der Waals surface area contributed by atoms with Gasteiger partial charge in [-0.25, -0.2) is 9.80 Å². The van der Waals surface area contributed by atoms with Gasteiger partial charge in [-0.1, -0.05) is 48.0 Å². The number of benzene rings is 2. The van der Waals surface area contributed by atoms with Crippen LogP contribution in [0.2, 0.25) is 5.02 Å². The number of nitrogens with one attached hydrogen (secondary N) is 1. The molecule has 2 amide bonds. The van der Waals surface area contributed by atoms with Gasteiger partial charge in [-0.3, -0.25) is 0 Å². The van der Waals surface area contributed by atoms with Crippen LogP contribution in [0.25, 0.3) is 0 Å². The number of nitrogens with zero attached hydrogens (tertiary/aromatic N) is 2. The SMILES string of the molecule is O=C(Nc1cccc(Cl)c1)N1N=CC[C@@H]1c1ccccc1. The predicted octanol–water partition coefficient (Wildman–Crippen LogP) is 4.30. The number of hydrogen-bond donors (Lipinski definition) is 1. The Bertz CT molecular complexity index is 672. The average molecular weight is 300 g/mol. The first kappa shape index (κ1) is 13.6. The Morgan fingerprint density at radius 2 is 2.00 bits per heavy atom. The number of carbonyl (C=O) groups excluding carboxylic acids is 1. The minimum Gasteiger partial charge on any atom is -0.306 e. The second-order valence-corrected chi connectivity index (χ2v) is 5.18. The standard InChI is InChI=1S/C16H14ClN3O/c17-13-7-4-8-14(11-13)19-16(21)20-15(9-10-18-20)12-5-2-1-3-6-12/h1-8,10-11,15H,9H2,(H,19,21)/t15-/m1/s1. The first-order valence-corrected chi connectivity index (χ1v) is 7.05. The minimum absolute atomic E-state index is 0.0645. The second kappa shape index (κ2) is 5.97. The monoisotopic (exact) mass is 299 g/mol. The van der Waals surface area contributed by atoms with Crippen LogP contribution in [0.3, 0.4) is 0 Å². The predicted molar refractivity (Wildman–Crippen MR) is 84.6 cm³/mol. The summed E-state index contributed by atoms with van der Waals surface area (Å²) < 4.78 is 0. The largest absolute Gasteiger partial charge is 0.342 e. The maximum Gasteiger partial charge on any atom is 0.342 e. The van der Waals surface area contributed by atoms with Crippen molar-refractivity contribution in [3.8, 4) is 0 Å². The van der Waals surface area contributed by atoms with Crippen molar-refractivity contribution in [2.45, 2.75) is 12.5 Å². The molecule has 106 valence electrons. The molecule has 2 aromatic carbocycles. The zero-order valence-electron chi connectivity index (χ0n) is 11.2. The number of rotatable bonds is 2. The molecule has 0 fully saturated rings. The fourth-order valence-corrected chi connectivity index (χ4v) is 2.50.